The van der Waals surface area contributed by atoms with Crippen LogP contribution in [0.1, 0.15) is 35.0 Å². The highest BCUT2D eigenvalue weighted by molar-refractivity contribution is 7.08. The van der Waals surface area contributed by atoms with Crippen molar-refractivity contribution >= 4 is 28.2 Å². The molecule has 1 atom stereocenters. The Morgan fingerprint density at radius 3 is 2.97 bits per heavy atom. The molecular weight excluding hydrogens is 418 g/mol. The number of thiophene rings is 1. The highest BCUT2D eigenvalue weighted by Crippen LogP contribution is 2.30. The molecule has 0 N–H and O–H groups in total. The molecule has 5 rings (SSSR count). The highest BCUT2D eigenvalue weighted by atomic mass is 32.1. The number of hydrogen-bond acceptors (Lipinski definition) is 8. The predicted octanol–water partition coefficient (Wildman–Crippen LogP) is 3.93. The van der Waals surface area contributed by atoms with Gasteiger partial charge in [-0.3, -0.25) is 4.79 Å². The molecular formula is C22H19N3O5S. The summed E-state index contributed by atoms with van der Waals surface area (Å²) in [4.78, 5) is 27.4. The maximum Gasteiger partial charge on any atom is 0.349 e. The number of carbonyl (C=O) groups excluding carboxylic acids is 1. The fraction of sp³-hybridized carbons (Fsp3) is 0.273. The molecule has 0 bridgehead atoms. The second-order valence-corrected chi connectivity index (χ2v) is 8.15. The number of nitrogens with zero attached hydrogens (tertiary/aromatic N) is 3. The summed E-state index contributed by atoms with van der Waals surface area (Å²) < 4.78 is 16.5. The van der Waals surface area contributed by atoms with Crippen molar-refractivity contribution in [2.45, 2.75) is 18.8 Å². The molecule has 1 amide bonds. The fourth-order valence-electron chi connectivity index (χ4n) is 3.86. The van der Waals surface area contributed by atoms with Crippen molar-refractivity contribution in [1.82, 2.24) is 15.1 Å². The molecule has 0 radical (unpaired) electrons. The van der Waals surface area contributed by atoms with Gasteiger partial charge >= 0.3 is 5.63 Å². The summed E-state index contributed by atoms with van der Waals surface area (Å²) in [6, 6.07) is 8.76. The first-order chi connectivity index (χ1) is 15.1. The van der Waals surface area contributed by atoms with Crippen LogP contribution >= 0.6 is 11.3 Å². The first-order valence-corrected chi connectivity index (χ1v) is 10.8. The number of carbonyl (C=O) groups is 1. The van der Waals surface area contributed by atoms with Gasteiger partial charge in [0.25, 0.3) is 5.91 Å². The number of methoxy groups -OCH3 is 1. The Kier molecular flexibility index (Phi) is 5.03. The van der Waals surface area contributed by atoms with E-state index in [2.05, 4.69) is 10.2 Å². The van der Waals surface area contributed by atoms with Crippen LogP contribution < -0.4 is 10.4 Å². The molecule has 1 unspecified atom stereocenters. The van der Waals surface area contributed by atoms with Crippen LogP contribution in [0.5, 0.6) is 5.75 Å². The second kappa shape index (κ2) is 7.99. The number of likely N-dealkylation sites (tertiary alicyclic amines) is 1. The minimum Gasteiger partial charge on any atom is -0.493 e. The number of aromatic nitrogens is 2. The molecule has 9 heteroatoms. The van der Waals surface area contributed by atoms with Gasteiger partial charge in [-0.2, -0.15) is 11.3 Å². The minimum atomic E-state index is -0.679. The van der Waals surface area contributed by atoms with Crippen LogP contribution in [0, 0.1) is 0 Å². The van der Waals surface area contributed by atoms with Gasteiger partial charge < -0.3 is 18.5 Å². The fourth-order valence-corrected chi connectivity index (χ4v) is 4.49. The number of fused-ring (bicyclic) bond motifs is 1. The lowest BCUT2D eigenvalue weighted by molar-refractivity contribution is 0.0694. The van der Waals surface area contributed by atoms with Crippen molar-refractivity contribution in [2.24, 2.45) is 0 Å². The zero-order chi connectivity index (χ0) is 21.4. The van der Waals surface area contributed by atoms with E-state index in [9.17, 15) is 9.59 Å². The number of para-hydroxylation sites is 1. The number of ether oxygens (including phenoxy) is 1. The lowest BCUT2D eigenvalue weighted by atomic mass is 9.97. The van der Waals surface area contributed by atoms with Crippen molar-refractivity contribution in [2.75, 3.05) is 20.2 Å². The monoisotopic (exact) mass is 437 g/mol. The Bertz CT molecular complexity index is 1290. The van der Waals surface area contributed by atoms with Crippen molar-refractivity contribution in [3.05, 3.63) is 63.0 Å². The summed E-state index contributed by atoms with van der Waals surface area (Å²) in [5.74, 6) is 0.994. The number of piperidine rings is 1. The Labute approximate surface area is 181 Å². The number of amides is 1. The van der Waals surface area contributed by atoms with Gasteiger partial charge in [0.05, 0.1) is 13.0 Å². The van der Waals surface area contributed by atoms with Gasteiger partial charge in [0.15, 0.2) is 11.3 Å². The Balaban J connectivity index is 1.40. The molecule has 4 heterocycles. The maximum atomic E-state index is 13.2. The van der Waals surface area contributed by atoms with Crippen LogP contribution in [0.2, 0.25) is 0 Å². The molecule has 8 nitrogen and oxygen atoms in total. The van der Waals surface area contributed by atoms with E-state index in [4.69, 9.17) is 13.6 Å². The quantitative estimate of drug-likeness (QED) is 0.446. The summed E-state index contributed by atoms with van der Waals surface area (Å²) in [6.45, 7) is 0.955. The number of benzene rings is 1. The smallest absolute Gasteiger partial charge is 0.349 e. The molecule has 0 spiro atoms. The molecule has 3 aromatic heterocycles. The van der Waals surface area contributed by atoms with Gasteiger partial charge in [0.1, 0.15) is 5.56 Å². The Morgan fingerprint density at radius 1 is 1.26 bits per heavy atom. The third kappa shape index (κ3) is 3.61. The topological polar surface area (TPSA) is 98.7 Å². The maximum absolute atomic E-state index is 13.2. The number of rotatable bonds is 4. The summed E-state index contributed by atoms with van der Waals surface area (Å²) >= 11 is 1.56. The van der Waals surface area contributed by atoms with Gasteiger partial charge in [-0.1, -0.05) is 12.1 Å². The molecule has 1 aliphatic rings. The third-order valence-electron chi connectivity index (χ3n) is 5.44. The van der Waals surface area contributed by atoms with E-state index in [0.29, 0.717) is 41.6 Å². The molecule has 31 heavy (non-hydrogen) atoms. The largest absolute Gasteiger partial charge is 0.493 e. The number of hydrogen-bond donors (Lipinski definition) is 0. The molecule has 4 aromatic rings. The van der Waals surface area contributed by atoms with Crippen LogP contribution in [-0.2, 0) is 0 Å². The Morgan fingerprint density at radius 2 is 2.16 bits per heavy atom. The van der Waals surface area contributed by atoms with E-state index in [1.807, 2.05) is 16.8 Å². The first-order valence-electron chi connectivity index (χ1n) is 9.90. The highest BCUT2D eigenvalue weighted by Gasteiger charge is 2.30. The summed E-state index contributed by atoms with van der Waals surface area (Å²) in [7, 11) is 1.50. The molecule has 1 saturated heterocycles. The molecule has 1 aromatic carbocycles. The normalized spacial score (nSPS) is 16.5. The van der Waals surface area contributed by atoms with E-state index in [1.54, 1.807) is 40.5 Å². The first kappa shape index (κ1) is 19.5. The average molecular weight is 437 g/mol. The van der Waals surface area contributed by atoms with Crippen LogP contribution in [0.4, 0.5) is 0 Å². The molecule has 1 aliphatic heterocycles. The minimum absolute atomic E-state index is 0.00546. The molecule has 0 aliphatic carbocycles. The molecule has 158 valence electrons. The summed E-state index contributed by atoms with van der Waals surface area (Å²) in [5, 5.41) is 12.9. The predicted molar refractivity (Wildman–Crippen MR) is 115 cm³/mol. The second-order valence-electron chi connectivity index (χ2n) is 7.37. The van der Waals surface area contributed by atoms with Gasteiger partial charge in [-0.15, -0.1) is 10.2 Å². The van der Waals surface area contributed by atoms with E-state index in [1.165, 1.54) is 7.11 Å². The van der Waals surface area contributed by atoms with Crippen LogP contribution in [0.15, 0.2) is 54.7 Å². The van der Waals surface area contributed by atoms with Gasteiger partial charge in [-0.25, -0.2) is 4.79 Å². The zero-order valence-electron chi connectivity index (χ0n) is 16.7. The van der Waals surface area contributed by atoms with E-state index < -0.39 is 5.63 Å². The van der Waals surface area contributed by atoms with Crippen LogP contribution in [0.25, 0.3) is 22.4 Å². The van der Waals surface area contributed by atoms with Gasteiger partial charge in [-0.05, 0) is 36.4 Å². The lowest BCUT2D eigenvalue weighted by Gasteiger charge is -2.30. The van der Waals surface area contributed by atoms with Crippen molar-refractivity contribution in [1.29, 1.82) is 0 Å². The van der Waals surface area contributed by atoms with E-state index >= 15 is 0 Å². The van der Waals surface area contributed by atoms with E-state index in [0.717, 1.165) is 18.4 Å². The molecule has 1 fully saturated rings. The van der Waals surface area contributed by atoms with Gasteiger partial charge in [0, 0.05) is 29.4 Å². The van der Waals surface area contributed by atoms with Crippen LogP contribution in [0.3, 0.4) is 0 Å². The SMILES string of the molecule is COc1cccc2cc(C(=O)N3CCCC(c4nnc(-c5ccsc5)o4)C3)c(=O)oc12. The van der Waals surface area contributed by atoms with Crippen LogP contribution in [-0.4, -0.2) is 41.2 Å². The zero-order valence-corrected chi connectivity index (χ0v) is 17.6. The van der Waals surface area contributed by atoms with Crippen molar-refractivity contribution in [3.8, 4) is 17.2 Å². The van der Waals surface area contributed by atoms with Gasteiger partial charge in [0.2, 0.25) is 11.8 Å². The third-order valence-corrected chi connectivity index (χ3v) is 6.12. The van der Waals surface area contributed by atoms with E-state index in [-0.39, 0.29) is 17.4 Å². The summed E-state index contributed by atoms with van der Waals surface area (Å²) in [5.41, 5.74) is 0.541. The lowest BCUT2D eigenvalue weighted by Crippen LogP contribution is -2.40. The van der Waals surface area contributed by atoms with Crippen molar-refractivity contribution in [3.63, 3.8) is 0 Å². The summed E-state index contributed by atoms with van der Waals surface area (Å²) in [6.07, 6.45) is 1.61. The molecule has 0 saturated carbocycles. The van der Waals surface area contributed by atoms with Crippen molar-refractivity contribution < 1.29 is 18.4 Å². The standard InChI is InChI=1S/C22H19N3O5S/c1-28-17-6-2-4-13-10-16(22(27)29-18(13)17)21(26)25-8-3-5-14(11-25)19-23-24-20(30-19)15-7-9-31-12-15/h2,4,6-7,9-10,12,14H,3,5,8,11H2,1H3. The average Bonchev–Trinajstić information content (AvgIpc) is 3.50. The Hall–Kier alpha value is -3.46.